The number of sulfonamides is 1. The maximum atomic E-state index is 12.9. The number of para-hydroxylation sites is 1. The Morgan fingerprint density at radius 2 is 1.48 bits per heavy atom. The number of benzene rings is 3. The number of pyridine rings is 1. The van der Waals surface area contributed by atoms with Crippen LogP contribution in [0, 0.1) is 13.8 Å². The van der Waals surface area contributed by atoms with E-state index in [4.69, 9.17) is 0 Å². The van der Waals surface area contributed by atoms with Gasteiger partial charge in [-0.25, -0.2) is 8.42 Å². The number of aromatic nitrogens is 1. The first-order valence-electron chi connectivity index (χ1n) is 9.69. The molecular formula is C24H21N3O3S. The van der Waals surface area contributed by atoms with E-state index in [1.807, 2.05) is 38.1 Å². The smallest absolute Gasteiger partial charge is 0.261 e. The molecule has 1 amide bonds. The van der Waals surface area contributed by atoms with E-state index >= 15 is 0 Å². The third-order valence-electron chi connectivity index (χ3n) is 4.82. The number of carbonyl (C=O) groups is 1. The number of carbonyl (C=O) groups excluding carboxylic acids is 1. The van der Waals surface area contributed by atoms with Gasteiger partial charge >= 0.3 is 0 Å². The normalized spacial score (nSPS) is 11.3. The summed E-state index contributed by atoms with van der Waals surface area (Å²) < 4.78 is 27.6. The van der Waals surface area contributed by atoms with Crippen LogP contribution >= 0.6 is 0 Å². The number of rotatable bonds is 5. The SMILES string of the molecule is Cc1ccc(S(=O)(=O)Nc2ccc(NC(=O)c3cc(C)nc4ccccc34)cc2)cc1. The molecule has 0 saturated heterocycles. The van der Waals surface area contributed by atoms with Gasteiger partial charge in [0.25, 0.3) is 15.9 Å². The van der Waals surface area contributed by atoms with E-state index in [-0.39, 0.29) is 10.8 Å². The lowest BCUT2D eigenvalue weighted by Crippen LogP contribution is -2.14. The Balaban J connectivity index is 1.52. The summed E-state index contributed by atoms with van der Waals surface area (Å²) in [5.41, 5.74) is 3.99. The molecule has 4 aromatic rings. The second-order valence-electron chi connectivity index (χ2n) is 7.28. The summed E-state index contributed by atoms with van der Waals surface area (Å²) in [6.45, 7) is 3.74. The molecule has 7 heteroatoms. The maximum Gasteiger partial charge on any atom is 0.261 e. The molecule has 0 bridgehead atoms. The molecule has 3 aromatic carbocycles. The average molecular weight is 432 g/mol. The van der Waals surface area contributed by atoms with Crippen LogP contribution in [0.2, 0.25) is 0 Å². The van der Waals surface area contributed by atoms with Crippen LogP contribution < -0.4 is 10.0 Å². The molecule has 0 saturated carbocycles. The van der Waals surface area contributed by atoms with Gasteiger partial charge in [-0.1, -0.05) is 35.9 Å². The molecule has 2 N–H and O–H groups in total. The number of aryl methyl sites for hydroxylation is 2. The van der Waals surface area contributed by atoms with Gasteiger partial charge in [0.05, 0.1) is 16.0 Å². The van der Waals surface area contributed by atoms with Crippen molar-refractivity contribution >= 4 is 38.2 Å². The topological polar surface area (TPSA) is 88.2 Å². The first kappa shape index (κ1) is 20.6. The number of nitrogens with one attached hydrogen (secondary N) is 2. The molecular weight excluding hydrogens is 410 g/mol. The van der Waals surface area contributed by atoms with Gasteiger partial charge in [0.15, 0.2) is 0 Å². The Kier molecular flexibility index (Phi) is 5.44. The standard InChI is InChI=1S/C24H21N3O3S/c1-16-7-13-20(14-8-16)31(29,30)27-19-11-9-18(10-12-19)26-24(28)22-15-17(2)25-23-6-4-3-5-21(22)23/h3-15,27H,1-2H3,(H,26,28). The minimum absolute atomic E-state index is 0.190. The Morgan fingerprint density at radius 3 is 2.19 bits per heavy atom. The second kappa shape index (κ2) is 8.20. The zero-order chi connectivity index (χ0) is 22.0. The van der Waals surface area contributed by atoms with E-state index < -0.39 is 10.0 Å². The summed E-state index contributed by atoms with van der Waals surface area (Å²) in [6, 6.07) is 22.4. The third-order valence-corrected chi connectivity index (χ3v) is 6.21. The van der Waals surface area contributed by atoms with Crippen molar-refractivity contribution in [1.29, 1.82) is 0 Å². The predicted octanol–water partition coefficient (Wildman–Crippen LogP) is 4.90. The Bertz CT molecular complexity index is 1360. The van der Waals surface area contributed by atoms with Gasteiger partial charge in [-0.05, 0) is 62.4 Å². The molecule has 0 unspecified atom stereocenters. The molecule has 1 aromatic heterocycles. The molecule has 1 heterocycles. The summed E-state index contributed by atoms with van der Waals surface area (Å²) >= 11 is 0. The quantitative estimate of drug-likeness (QED) is 0.470. The lowest BCUT2D eigenvalue weighted by atomic mass is 10.1. The largest absolute Gasteiger partial charge is 0.322 e. The average Bonchev–Trinajstić information content (AvgIpc) is 2.74. The minimum atomic E-state index is -3.68. The number of anilines is 2. The fourth-order valence-corrected chi connectivity index (χ4v) is 4.31. The number of amides is 1. The second-order valence-corrected chi connectivity index (χ2v) is 8.96. The number of hydrogen-bond donors (Lipinski definition) is 2. The van der Waals surface area contributed by atoms with Crippen molar-refractivity contribution in [2.45, 2.75) is 18.7 Å². The molecule has 0 radical (unpaired) electrons. The Labute approximate surface area is 181 Å². The highest BCUT2D eigenvalue weighted by Gasteiger charge is 2.15. The van der Waals surface area contributed by atoms with Gasteiger partial charge in [0.2, 0.25) is 0 Å². The van der Waals surface area contributed by atoms with Crippen LogP contribution in [0.1, 0.15) is 21.6 Å². The molecule has 0 atom stereocenters. The molecule has 0 spiro atoms. The Morgan fingerprint density at radius 1 is 0.839 bits per heavy atom. The summed E-state index contributed by atoms with van der Waals surface area (Å²) in [4.78, 5) is 17.5. The van der Waals surface area contributed by atoms with Crippen LogP contribution in [-0.4, -0.2) is 19.3 Å². The maximum absolute atomic E-state index is 12.9. The molecule has 31 heavy (non-hydrogen) atoms. The first-order valence-corrected chi connectivity index (χ1v) is 11.2. The molecule has 4 rings (SSSR count). The fourth-order valence-electron chi connectivity index (χ4n) is 3.25. The van der Waals surface area contributed by atoms with E-state index in [0.29, 0.717) is 16.9 Å². The van der Waals surface area contributed by atoms with E-state index in [0.717, 1.165) is 22.2 Å². The lowest BCUT2D eigenvalue weighted by molar-refractivity contribution is 0.102. The number of nitrogens with zero attached hydrogens (tertiary/aromatic N) is 1. The van der Waals surface area contributed by atoms with Gasteiger partial charge in [-0.2, -0.15) is 0 Å². The summed E-state index contributed by atoms with van der Waals surface area (Å²) in [7, 11) is -3.68. The van der Waals surface area contributed by atoms with Gasteiger partial charge in [0.1, 0.15) is 0 Å². The zero-order valence-corrected chi connectivity index (χ0v) is 17.9. The molecule has 156 valence electrons. The molecule has 6 nitrogen and oxygen atoms in total. The van der Waals surface area contributed by atoms with Crippen LogP contribution in [0.5, 0.6) is 0 Å². The van der Waals surface area contributed by atoms with E-state index in [9.17, 15) is 13.2 Å². The van der Waals surface area contributed by atoms with E-state index in [2.05, 4.69) is 15.0 Å². The van der Waals surface area contributed by atoms with Gasteiger partial charge in [-0.3, -0.25) is 14.5 Å². The Hall–Kier alpha value is -3.71. The van der Waals surface area contributed by atoms with Crippen molar-refractivity contribution in [3.05, 3.63) is 95.7 Å². The van der Waals surface area contributed by atoms with Crippen molar-refractivity contribution in [2.24, 2.45) is 0 Å². The molecule has 0 aliphatic rings. The van der Waals surface area contributed by atoms with Crippen LogP contribution in [0.25, 0.3) is 10.9 Å². The van der Waals surface area contributed by atoms with Gasteiger partial charge in [-0.15, -0.1) is 0 Å². The summed E-state index contributed by atoms with van der Waals surface area (Å²) in [5.74, 6) is -0.255. The van der Waals surface area contributed by atoms with Crippen molar-refractivity contribution in [2.75, 3.05) is 10.0 Å². The van der Waals surface area contributed by atoms with Crippen molar-refractivity contribution in [3.8, 4) is 0 Å². The number of hydrogen-bond acceptors (Lipinski definition) is 4. The fraction of sp³-hybridized carbons (Fsp3) is 0.0833. The van der Waals surface area contributed by atoms with E-state index in [1.54, 1.807) is 54.6 Å². The zero-order valence-electron chi connectivity index (χ0n) is 17.1. The van der Waals surface area contributed by atoms with Crippen molar-refractivity contribution in [1.82, 2.24) is 4.98 Å². The lowest BCUT2D eigenvalue weighted by Gasteiger charge is -2.11. The van der Waals surface area contributed by atoms with Gasteiger partial charge in [0, 0.05) is 22.5 Å². The minimum Gasteiger partial charge on any atom is -0.322 e. The van der Waals surface area contributed by atoms with Crippen molar-refractivity contribution in [3.63, 3.8) is 0 Å². The van der Waals surface area contributed by atoms with Crippen LogP contribution in [0.4, 0.5) is 11.4 Å². The van der Waals surface area contributed by atoms with Crippen LogP contribution in [0.15, 0.2) is 83.8 Å². The van der Waals surface area contributed by atoms with Crippen molar-refractivity contribution < 1.29 is 13.2 Å². The highest BCUT2D eigenvalue weighted by molar-refractivity contribution is 7.92. The van der Waals surface area contributed by atoms with E-state index in [1.165, 1.54) is 0 Å². The monoisotopic (exact) mass is 431 g/mol. The number of fused-ring (bicyclic) bond motifs is 1. The van der Waals surface area contributed by atoms with Crippen LogP contribution in [0.3, 0.4) is 0 Å². The first-order chi connectivity index (χ1) is 14.8. The van der Waals surface area contributed by atoms with Gasteiger partial charge < -0.3 is 5.32 Å². The highest BCUT2D eigenvalue weighted by atomic mass is 32.2. The van der Waals surface area contributed by atoms with Crippen LogP contribution in [-0.2, 0) is 10.0 Å². The third kappa shape index (κ3) is 4.57. The summed E-state index contributed by atoms with van der Waals surface area (Å²) in [6.07, 6.45) is 0. The molecule has 0 fully saturated rings. The molecule has 0 aliphatic carbocycles. The predicted molar refractivity (Wildman–Crippen MR) is 123 cm³/mol. The highest BCUT2D eigenvalue weighted by Crippen LogP contribution is 2.22. The molecule has 0 aliphatic heterocycles. The summed E-state index contributed by atoms with van der Waals surface area (Å²) in [5, 5.41) is 3.63.